The van der Waals surface area contributed by atoms with Crippen LogP contribution < -0.4 is 0 Å². The molecule has 0 saturated heterocycles. The third-order valence-electron chi connectivity index (χ3n) is 6.17. The Kier molecular flexibility index (Phi) is 8.36. The Morgan fingerprint density at radius 3 is 2.73 bits per heavy atom. The first kappa shape index (κ1) is 21.2. The van der Waals surface area contributed by atoms with Crippen LogP contribution in [0, 0.1) is 17.8 Å². The van der Waals surface area contributed by atoms with Crippen LogP contribution in [-0.2, 0) is 4.79 Å². The molecule has 26 heavy (non-hydrogen) atoms. The first-order valence-corrected chi connectivity index (χ1v) is 10.4. The van der Waals surface area contributed by atoms with Crippen molar-refractivity contribution in [3.8, 4) is 0 Å². The van der Waals surface area contributed by atoms with Gasteiger partial charge in [0.2, 0.25) is 0 Å². The van der Waals surface area contributed by atoms with Crippen molar-refractivity contribution in [2.75, 3.05) is 0 Å². The minimum atomic E-state index is -0.727. The average molecular weight is 365 g/mol. The van der Waals surface area contributed by atoms with Crippen molar-refractivity contribution in [1.29, 1.82) is 0 Å². The van der Waals surface area contributed by atoms with Crippen molar-refractivity contribution in [2.24, 2.45) is 17.8 Å². The van der Waals surface area contributed by atoms with Gasteiger partial charge in [-0.3, -0.25) is 4.79 Å². The number of carboxylic acid groups (broad SMARTS) is 1. The standard InChI is InChI=1S/C22H36O4/c1-3-7-15(2)8-6-10-19(23)22-18-13-16(9-4-5-11-21(25)26)12-17(18)14-20(22)24/h12,17-20,22-24H,2-11,13-14H2,1H3,(H,25,26)/t17-,18-,19?,20+,22+/m1/s1. The molecule has 2 aliphatic rings. The zero-order valence-corrected chi connectivity index (χ0v) is 16.2. The van der Waals surface area contributed by atoms with E-state index in [1.807, 2.05) is 0 Å². The van der Waals surface area contributed by atoms with Crippen molar-refractivity contribution in [2.45, 2.75) is 89.8 Å². The third-order valence-corrected chi connectivity index (χ3v) is 6.17. The molecule has 0 aliphatic heterocycles. The van der Waals surface area contributed by atoms with Crippen molar-refractivity contribution in [3.63, 3.8) is 0 Å². The molecule has 3 N–H and O–H groups in total. The van der Waals surface area contributed by atoms with Gasteiger partial charge in [0.15, 0.2) is 0 Å². The fourth-order valence-electron chi connectivity index (χ4n) is 4.92. The van der Waals surface area contributed by atoms with Gasteiger partial charge in [-0.25, -0.2) is 0 Å². The van der Waals surface area contributed by atoms with E-state index < -0.39 is 18.2 Å². The molecule has 0 heterocycles. The Morgan fingerprint density at radius 1 is 1.27 bits per heavy atom. The molecule has 4 nitrogen and oxygen atoms in total. The van der Waals surface area contributed by atoms with Gasteiger partial charge in [-0.1, -0.05) is 37.1 Å². The Balaban J connectivity index is 1.77. The molecule has 0 aromatic carbocycles. The molecule has 1 fully saturated rings. The third kappa shape index (κ3) is 5.95. The lowest BCUT2D eigenvalue weighted by Gasteiger charge is -2.27. The molecule has 1 unspecified atom stereocenters. The zero-order chi connectivity index (χ0) is 19.1. The number of fused-ring (bicyclic) bond motifs is 1. The minimum absolute atomic E-state index is 0.0211. The second-order valence-corrected chi connectivity index (χ2v) is 8.30. The molecule has 4 heteroatoms. The highest BCUT2D eigenvalue weighted by molar-refractivity contribution is 5.66. The van der Waals surface area contributed by atoms with E-state index in [0.29, 0.717) is 11.8 Å². The first-order chi connectivity index (χ1) is 12.4. The second-order valence-electron chi connectivity index (χ2n) is 8.30. The summed E-state index contributed by atoms with van der Waals surface area (Å²) in [6, 6.07) is 0. The summed E-state index contributed by atoms with van der Waals surface area (Å²) in [4.78, 5) is 10.6. The van der Waals surface area contributed by atoms with Crippen LogP contribution in [0.4, 0.5) is 0 Å². The van der Waals surface area contributed by atoms with E-state index in [9.17, 15) is 15.0 Å². The Bertz CT molecular complexity index is 510. The molecule has 0 amide bonds. The number of carboxylic acids is 1. The molecule has 2 rings (SSSR count). The van der Waals surface area contributed by atoms with E-state index in [-0.39, 0.29) is 12.3 Å². The topological polar surface area (TPSA) is 77.8 Å². The van der Waals surface area contributed by atoms with Crippen molar-refractivity contribution >= 4 is 5.97 Å². The van der Waals surface area contributed by atoms with Gasteiger partial charge in [0.1, 0.15) is 0 Å². The van der Waals surface area contributed by atoms with Crippen LogP contribution in [0.2, 0.25) is 0 Å². The van der Waals surface area contributed by atoms with Crippen LogP contribution in [0.15, 0.2) is 23.8 Å². The lowest BCUT2D eigenvalue weighted by molar-refractivity contribution is -0.137. The SMILES string of the molecule is C=C(CCC)CCCC(O)[C@@H]1[C@@H]2CC(CCCCC(=O)O)=C[C@@H]2C[C@@H]1O. The predicted molar refractivity (Wildman–Crippen MR) is 104 cm³/mol. The molecule has 5 atom stereocenters. The quantitative estimate of drug-likeness (QED) is 0.353. The van der Waals surface area contributed by atoms with Crippen LogP contribution >= 0.6 is 0 Å². The summed E-state index contributed by atoms with van der Waals surface area (Å²) in [5.74, 6) is -0.00935. The molecule has 0 spiro atoms. The number of hydrogen-bond acceptors (Lipinski definition) is 3. The Hall–Kier alpha value is -1.13. The van der Waals surface area contributed by atoms with Crippen molar-refractivity contribution in [1.82, 2.24) is 0 Å². The highest BCUT2D eigenvalue weighted by atomic mass is 16.4. The first-order valence-electron chi connectivity index (χ1n) is 10.4. The molecule has 2 aliphatic carbocycles. The highest BCUT2D eigenvalue weighted by Crippen LogP contribution is 2.49. The maximum atomic E-state index is 10.7. The van der Waals surface area contributed by atoms with E-state index in [0.717, 1.165) is 64.2 Å². The number of aliphatic hydroxyl groups is 2. The van der Waals surface area contributed by atoms with Gasteiger partial charge < -0.3 is 15.3 Å². The lowest BCUT2D eigenvalue weighted by Crippen LogP contribution is -2.32. The maximum absolute atomic E-state index is 10.7. The molecular weight excluding hydrogens is 328 g/mol. The van der Waals surface area contributed by atoms with Crippen LogP contribution in [-0.4, -0.2) is 33.5 Å². The number of aliphatic hydroxyl groups excluding tert-OH is 2. The normalized spacial score (nSPS) is 28.7. The van der Waals surface area contributed by atoms with Crippen LogP contribution in [0.25, 0.3) is 0 Å². The summed E-state index contributed by atoms with van der Waals surface area (Å²) in [5, 5.41) is 29.9. The number of allylic oxidation sites excluding steroid dienone is 3. The van der Waals surface area contributed by atoms with Gasteiger partial charge in [0.25, 0.3) is 0 Å². The molecular formula is C22H36O4. The van der Waals surface area contributed by atoms with Crippen LogP contribution in [0.5, 0.6) is 0 Å². The number of aliphatic carboxylic acids is 1. The van der Waals surface area contributed by atoms with Gasteiger partial charge in [-0.2, -0.15) is 0 Å². The van der Waals surface area contributed by atoms with Gasteiger partial charge in [-0.15, -0.1) is 0 Å². The van der Waals surface area contributed by atoms with Gasteiger partial charge in [-0.05, 0) is 69.6 Å². The lowest BCUT2D eigenvalue weighted by atomic mass is 9.83. The monoisotopic (exact) mass is 364 g/mol. The van der Waals surface area contributed by atoms with E-state index >= 15 is 0 Å². The van der Waals surface area contributed by atoms with E-state index in [4.69, 9.17) is 5.11 Å². The van der Waals surface area contributed by atoms with E-state index in [2.05, 4.69) is 19.6 Å². The Labute approximate surface area is 158 Å². The summed E-state index contributed by atoms with van der Waals surface area (Å²) in [6.45, 7) is 6.24. The highest BCUT2D eigenvalue weighted by Gasteiger charge is 2.47. The number of rotatable bonds is 12. The summed E-state index contributed by atoms with van der Waals surface area (Å²) in [7, 11) is 0. The summed E-state index contributed by atoms with van der Waals surface area (Å²) >= 11 is 0. The van der Waals surface area contributed by atoms with Gasteiger partial charge in [0, 0.05) is 12.3 Å². The number of unbranched alkanes of at least 4 members (excludes halogenated alkanes) is 1. The summed E-state index contributed by atoms with van der Waals surface area (Å²) in [5.41, 5.74) is 2.65. The largest absolute Gasteiger partial charge is 0.481 e. The summed E-state index contributed by atoms with van der Waals surface area (Å²) < 4.78 is 0. The predicted octanol–water partition coefficient (Wildman–Crippen LogP) is 4.46. The van der Waals surface area contributed by atoms with Crippen molar-refractivity contribution in [3.05, 3.63) is 23.8 Å². The molecule has 1 saturated carbocycles. The maximum Gasteiger partial charge on any atom is 0.303 e. The fourth-order valence-corrected chi connectivity index (χ4v) is 4.92. The smallest absolute Gasteiger partial charge is 0.303 e. The van der Waals surface area contributed by atoms with Gasteiger partial charge in [0.05, 0.1) is 12.2 Å². The number of hydrogen-bond donors (Lipinski definition) is 3. The second kappa shape index (κ2) is 10.3. The molecule has 0 radical (unpaired) electrons. The zero-order valence-electron chi connectivity index (χ0n) is 16.2. The number of carbonyl (C=O) groups is 1. The molecule has 0 aromatic rings. The molecule has 148 valence electrons. The summed E-state index contributed by atoms with van der Waals surface area (Å²) in [6.07, 6.45) is 10.8. The molecule has 0 aromatic heterocycles. The average Bonchev–Trinajstić information content (AvgIpc) is 3.07. The Morgan fingerprint density at radius 2 is 2.04 bits per heavy atom. The van der Waals surface area contributed by atoms with Crippen molar-refractivity contribution < 1.29 is 20.1 Å². The van der Waals surface area contributed by atoms with E-state index in [1.165, 1.54) is 11.1 Å². The minimum Gasteiger partial charge on any atom is -0.481 e. The van der Waals surface area contributed by atoms with Gasteiger partial charge >= 0.3 is 5.97 Å². The van der Waals surface area contributed by atoms with Crippen LogP contribution in [0.1, 0.15) is 77.6 Å². The molecule has 0 bridgehead atoms. The fraction of sp³-hybridized carbons (Fsp3) is 0.773. The van der Waals surface area contributed by atoms with E-state index in [1.54, 1.807) is 0 Å². The van der Waals surface area contributed by atoms with Crippen LogP contribution in [0.3, 0.4) is 0 Å².